The van der Waals surface area contributed by atoms with Crippen LogP contribution in [0, 0.1) is 16.7 Å². The Morgan fingerprint density at radius 3 is 2.42 bits per heavy atom. The number of benzene rings is 1. The lowest BCUT2D eigenvalue weighted by Crippen LogP contribution is -2.63. The van der Waals surface area contributed by atoms with Crippen LogP contribution in [0.4, 0.5) is 0 Å². The van der Waals surface area contributed by atoms with Crippen LogP contribution in [0.25, 0.3) is 0 Å². The van der Waals surface area contributed by atoms with E-state index in [4.69, 9.17) is 0 Å². The molecule has 1 aromatic carbocycles. The molecule has 0 spiro atoms. The minimum Gasteiger partial charge on any atom is -0.392 e. The standard InChI is InChI=1S/C18H24O/c1-16-8-13-9-18(11-16,14-6-4-3-5-7-14)12-17(2,10-16)15(13)19/h3-7,13,15,19H,8-12H2,1-2H3. The second kappa shape index (κ2) is 3.44. The van der Waals surface area contributed by atoms with Gasteiger partial charge in [-0.1, -0.05) is 44.2 Å². The molecule has 1 nitrogen and oxygen atoms in total. The fourth-order valence-electron chi connectivity index (χ4n) is 6.36. The van der Waals surface area contributed by atoms with Gasteiger partial charge in [0.15, 0.2) is 0 Å². The van der Waals surface area contributed by atoms with Crippen LogP contribution in [0.2, 0.25) is 0 Å². The molecule has 0 radical (unpaired) electrons. The third-order valence-electron chi connectivity index (χ3n) is 6.29. The van der Waals surface area contributed by atoms with Crippen LogP contribution in [0.5, 0.6) is 0 Å². The van der Waals surface area contributed by atoms with Crippen LogP contribution in [-0.4, -0.2) is 11.2 Å². The Hall–Kier alpha value is -0.820. The summed E-state index contributed by atoms with van der Waals surface area (Å²) in [4.78, 5) is 0. The molecule has 0 amide bonds. The first-order chi connectivity index (χ1) is 8.95. The van der Waals surface area contributed by atoms with Gasteiger partial charge in [-0.15, -0.1) is 0 Å². The van der Waals surface area contributed by atoms with E-state index >= 15 is 0 Å². The molecule has 4 aliphatic rings. The van der Waals surface area contributed by atoms with Gasteiger partial charge in [0.2, 0.25) is 0 Å². The molecule has 4 aliphatic carbocycles. The van der Waals surface area contributed by atoms with Gasteiger partial charge in [-0.3, -0.25) is 0 Å². The van der Waals surface area contributed by atoms with Crippen molar-refractivity contribution in [1.82, 2.24) is 0 Å². The highest BCUT2D eigenvalue weighted by molar-refractivity contribution is 5.32. The first kappa shape index (κ1) is 12.0. The smallest absolute Gasteiger partial charge is 0.0622 e. The molecular weight excluding hydrogens is 232 g/mol. The molecule has 4 saturated carbocycles. The molecule has 5 unspecified atom stereocenters. The van der Waals surface area contributed by atoms with Crippen molar-refractivity contribution in [1.29, 1.82) is 0 Å². The minimum atomic E-state index is -0.0716. The molecule has 19 heavy (non-hydrogen) atoms. The lowest BCUT2D eigenvalue weighted by atomic mass is 9.38. The largest absolute Gasteiger partial charge is 0.392 e. The first-order valence-electron chi connectivity index (χ1n) is 7.69. The molecule has 0 aromatic heterocycles. The Kier molecular flexibility index (Phi) is 2.16. The summed E-state index contributed by atoms with van der Waals surface area (Å²) in [6.45, 7) is 4.79. The summed E-state index contributed by atoms with van der Waals surface area (Å²) in [7, 11) is 0. The molecule has 0 aliphatic heterocycles. The third kappa shape index (κ3) is 1.51. The van der Waals surface area contributed by atoms with Crippen molar-refractivity contribution in [2.45, 2.75) is 57.5 Å². The molecule has 0 saturated heterocycles. The molecule has 102 valence electrons. The van der Waals surface area contributed by atoms with Gasteiger partial charge in [-0.25, -0.2) is 0 Å². The second-order valence-electron chi connectivity index (χ2n) is 8.25. The summed E-state index contributed by atoms with van der Waals surface area (Å²) in [5, 5.41) is 10.7. The topological polar surface area (TPSA) is 20.2 Å². The Bertz CT molecular complexity index is 510. The summed E-state index contributed by atoms with van der Waals surface area (Å²) in [6, 6.07) is 11.1. The molecule has 1 heteroatoms. The Morgan fingerprint density at radius 1 is 1.00 bits per heavy atom. The van der Waals surface area contributed by atoms with E-state index in [0.717, 1.165) is 0 Å². The Morgan fingerprint density at radius 2 is 1.74 bits per heavy atom. The zero-order valence-electron chi connectivity index (χ0n) is 12.0. The summed E-state index contributed by atoms with van der Waals surface area (Å²) in [5.74, 6) is 0.520. The van der Waals surface area contributed by atoms with Gasteiger partial charge in [0.25, 0.3) is 0 Å². The highest BCUT2D eigenvalue weighted by Crippen LogP contribution is 2.69. The predicted octanol–water partition coefficient (Wildman–Crippen LogP) is 3.91. The quantitative estimate of drug-likeness (QED) is 0.808. The van der Waals surface area contributed by atoms with Gasteiger partial charge in [0.1, 0.15) is 0 Å². The van der Waals surface area contributed by atoms with Crippen molar-refractivity contribution in [2.24, 2.45) is 16.7 Å². The van der Waals surface area contributed by atoms with E-state index in [-0.39, 0.29) is 11.5 Å². The maximum Gasteiger partial charge on any atom is 0.0622 e. The SMILES string of the molecule is CC12CC3CC(c4ccccc4)(C1)CC(C)(C2)C3O. The van der Waals surface area contributed by atoms with Crippen LogP contribution in [0.15, 0.2) is 30.3 Å². The van der Waals surface area contributed by atoms with Crippen molar-refractivity contribution >= 4 is 0 Å². The average molecular weight is 256 g/mol. The molecule has 5 rings (SSSR count). The van der Waals surface area contributed by atoms with Crippen molar-refractivity contribution in [3.63, 3.8) is 0 Å². The van der Waals surface area contributed by atoms with E-state index in [2.05, 4.69) is 44.2 Å². The molecule has 1 aromatic rings. The van der Waals surface area contributed by atoms with Gasteiger partial charge in [-0.05, 0) is 59.8 Å². The normalized spacial score (nSPS) is 51.5. The molecule has 5 atom stereocenters. The minimum absolute atomic E-state index is 0.0716. The maximum atomic E-state index is 10.7. The van der Waals surface area contributed by atoms with Gasteiger partial charge in [-0.2, -0.15) is 0 Å². The van der Waals surface area contributed by atoms with Crippen molar-refractivity contribution in [2.75, 3.05) is 0 Å². The van der Waals surface area contributed by atoms with Gasteiger partial charge in [0, 0.05) is 0 Å². The lowest BCUT2D eigenvalue weighted by Gasteiger charge is -2.67. The number of aliphatic hydroxyl groups is 1. The number of hydrogen-bond acceptors (Lipinski definition) is 1. The zero-order chi connectivity index (χ0) is 13.3. The Labute approximate surface area is 116 Å². The fraction of sp³-hybridized carbons (Fsp3) is 0.667. The monoisotopic (exact) mass is 256 g/mol. The van der Waals surface area contributed by atoms with Crippen LogP contribution < -0.4 is 0 Å². The van der Waals surface area contributed by atoms with Crippen LogP contribution in [0.3, 0.4) is 0 Å². The maximum absolute atomic E-state index is 10.7. The van der Waals surface area contributed by atoms with E-state index in [1.807, 2.05) is 0 Å². The predicted molar refractivity (Wildman–Crippen MR) is 76.9 cm³/mol. The van der Waals surface area contributed by atoms with Crippen LogP contribution in [-0.2, 0) is 5.41 Å². The third-order valence-corrected chi connectivity index (χ3v) is 6.29. The summed E-state index contributed by atoms with van der Waals surface area (Å²) >= 11 is 0. The highest BCUT2D eigenvalue weighted by atomic mass is 16.3. The van der Waals surface area contributed by atoms with E-state index in [9.17, 15) is 5.11 Å². The molecule has 4 bridgehead atoms. The molecular formula is C18H24O. The fourth-order valence-corrected chi connectivity index (χ4v) is 6.36. The number of hydrogen-bond donors (Lipinski definition) is 1. The lowest BCUT2D eigenvalue weighted by molar-refractivity contribution is -0.188. The number of aliphatic hydroxyl groups excluding tert-OH is 1. The molecule has 4 fully saturated rings. The molecule has 0 heterocycles. The average Bonchev–Trinajstić information content (AvgIpc) is 2.35. The highest BCUT2D eigenvalue weighted by Gasteiger charge is 2.64. The molecule has 1 N–H and O–H groups in total. The first-order valence-corrected chi connectivity index (χ1v) is 7.69. The van der Waals surface area contributed by atoms with Gasteiger partial charge >= 0.3 is 0 Å². The van der Waals surface area contributed by atoms with E-state index < -0.39 is 0 Å². The Balaban J connectivity index is 1.84. The van der Waals surface area contributed by atoms with E-state index in [1.54, 1.807) is 0 Å². The second-order valence-corrected chi connectivity index (χ2v) is 8.25. The number of rotatable bonds is 1. The summed E-state index contributed by atoms with van der Waals surface area (Å²) < 4.78 is 0. The summed E-state index contributed by atoms with van der Waals surface area (Å²) in [5.41, 5.74) is 2.45. The van der Waals surface area contributed by atoms with E-state index in [1.165, 1.54) is 37.7 Å². The van der Waals surface area contributed by atoms with Gasteiger partial charge in [0.05, 0.1) is 6.10 Å². The van der Waals surface area contributed by atoms with Crippen LogP contribution in [0.1, 0.15) is 51.5 Å². The van der Waals surface area contributed by atoms with Crippen LogP contribution >= 0.6 is 0 Å². The zero-order valence-corrected chi connectivity index (χ0v) is 12.0. The van der Waals surface area contributed by atoms with Gasteiger partial charge < -0.3 is 5.11 Å². The van der Waals surface area contributed by atoms with Crippen molar-refractivity contribution in [3.05, 3.63) is 35.9 Å². The van der Waals surface area contributed by atoms with Crippen molar-refractivity contribution in [3.8, 4) is 0 Å². The van der Waals surface area contributed by atoms with E-state index in [0.29, 0.717) is 16.7 Å². The van der Waals surface area contributed by atoms with Crippen molar-refractivity contribution < 1.29 is 5.11 Å². The summed E-state index contributed by atoms with van der Waals surface area (Å²) in [6.07, 6.45) is 6.08.